The van der Waals surface area contributed by atoms with Crippen LogP contribution in [0.2, 0.25) is 0 Å². The van der Waals surface area contributed by atoms with Gasteiger partial charge in [0.1, 0.15) is 11.3 Å². The number of rotatable bonds is 8. The summed E-state index contributed by atoms with van der Waals surface area (Å²) in [5, 5.41) is 9.47. The molecule has 29 heavy (non-hydrogen) atoms. The maximum Gasteiger partial charge on any atom is 0.341 e. The van der Waals surface area contributed by atoms with E-state index in [-0.39, 0.29) is 23.3 Å². The van der Waals surface area contributed by atoms with Crippen molar-refractivity contribution >= 4 is 5.97 Å². The number of carboxylic acids is 1. The van der Waals surface area contributed by atoms with E-state index in [9.17, 15) is 14.7 Å². The quantitative estimate of drug-likeness (QED) is 0.683. The molecule has 1 aliphatic rings. The molecular weight excluding hydrogens is 374 g/mol. The highest BCUT2D eigenvalue weighted by atomic mass is 16.5. The van der Waals surface area contributed by atoms with Crippen molar-refractivity contribution in [2.45, 2.75) is 32.7 Å². The number of benzene rings is 1. The lowest BCUT2D eigenvalue weighted by Gasteiger charge is -2.34. The van der Waals surface area contributed by atoms with E-state index in [1.807, 2.05) is 22.8 Å². The molecule has 1 aromatic heterocycles. The van der Waals surface area contributed by atoms with Gasteiger partial charge < -0.3 is 23.9 Å². The first-order valence-corrected chi connectivity index (χ1v) is 9.70. The highest BCUT2D eigenvalue weighted by molar-refractivity contribution is 5.89. The van der Waals surface area contributed by atoms with Crippen LogP contribution in [-0.2, 0) is 11.2 Å². The van der Waals surface area contributed by atoms with E-state index in [1.54, 1.807) is 7.11 Å². The van der Waals surface area contributed by atoms with Gasteiger partial charge in [-0.05, 0) is 36.1 Å². The zero-order chi connectivity index (χ0) is 21.1. The van der Waals surface area contributed by atoms with E-state index < -0.39 is 11.4 Å². The molecule has 2 aromatic rings. The first-order chi connectivity index (χ1) is 13.9. The second kappa shape index (κ2) is 8.69. The molecule has 1 unspecified atom stereocenters. The van der Waals surface area contributed by atoms with E-state index in [0.29, 0.717) is 25.3 Å². The van der Waals surface area contributed by atoms with Crippen LogP contribution in [0.5, 0.6) is 11.5 Å². The average molecular weight is 401 g/mol. The second-order valence-corrected chi connectivity index (χ2v) is 7.50. The van der Waals surface area contributed by atoms with Gasteiger partial charge in [0, 0.05) is 37.9 Å². The summed E-state index contributed by atoms with van der Waals surface area (Å²) in [6.45, 7) is 5.35. The number of ether oxygens (including phenoxy) is 3. The number of hydrogen-bond donors (Lipinski definition) is 1. The minimum absolute atomic E-state index is 0.00570. The Bertz CT molecular complexity index is 963. The lowest BCUT2D eigenvalue weighted by Crippen LogP contribution is -2.29. The molecule has 0 radical (unpaired) electrons. The van der Waals surface area contributed by atoms with Gasteiger partial charge in [-0.15, -0.1) is 0 Å². The Kier molecular flexibility index (Phi) is 6.27. The molecule has 0 fully saturated rings. The van der Waals surface area contributed by atoms with Crippen LogP contribution in [0.4, 0.5) is 0 Å². The molecule has 0 saturated heterocycles. The summed E-state index contributed by atoms with van der Waals surface area (Å²) in [5.74, 6) is -0.205. The van der Waals surface area contributed by atoms with Crippen LogP contribution in [0, 0.1) is 5.92 Å². The van der Waals surface area contributed by atoms with Crippen LogP contribution in [0.15, 0.2) is 29.2 Å². The normalized spacial score (nSPS) is 15.0. The van der Waals surface area contributed by atoms with Crippen molar-refractivity contribution in [1.29, 1.82) is 0 Å². The molecule has 0 spiro atoms. The predicted octanol–water partition coefficient (Wildman–Crippen LogP) is 3.39. The molecule has 1 aromatic carbocycles. The van der Waals surface area contributed by atoms with Gasteiger partial charge in [-0.25, -0.2) is 4.79 Å². The van der Waals surface area contributed by atoms with Gasteiger partial charge in [-0.3, -0.25) is 4.79 Å². The van der Waals surface area contributed by atoms with Crippen molar-refractivity contribution < 1.29 is 24.1 Å². The van der Waals surface area contributed by atoms with Crippen molar-refractivity contribution in [3.05, 3.63) is 45.7 Å². The lowest BCUT2D eigenvalue weighted by molar-refractivity contribution is 0.0693. The molecule has 7 heteroatoms. The fourth-order valence-electron chi connectivity index (χ4n) is 3.81. The molecule has 0 aliphatic carbocycles. The standard InChI is InChI=1S/C22H27NO6/c1-13(2)18-11-14-10-15(29-9-5-8-27-3)6-7-16(14)19-21(28-4)20(24)17(22(25)26)12-23(18)19/h6-7,10,12-13,18H,5,8-9,11H2,1-4H3,(H,25,26). The van der Waals surface area contributed by atoms with Crippen LogP contribution in [0.25, 0.3) is 11.3 Å². The smallest absolute Gasteiger partial charge is 0.341 e. The molecule has 1 atom stereocenters. The number of hydrogen-bond acceptors (Lipinski definition) is 5. The Morgan fingerprint density at radius 1 is 1.28 bits per heavy atom. The third-order valence-electron chi connectivity index (χ3n) is 5.28. The number of fused-ring (bicyclic) bond motifs is 3. The van der Waals surface area contributed by atoms with Gasteiger partial charge in [0.05, 0.1) is 19.4 Å². The van der Waals surface area contributed by atoms with Gasteiger partial charge in [0.15, 0.2) is 5.75 Å². The number of aromatic nitrogens is 1. The van der Waals surface area contributed by atoms with Crippen LogP contribution in [0.1, 0.15) is 42.2 Å². The van der Waals surface area contributed by atoms with Gasteiger partial charge in [0.25, 0.3) is 0 Å². The second-order valence-electron chi connectivity index (χ2n) is 7.50. The number of pyridine rings is 1. The molecule has 1 aliphatic heterocycles. The molecule has 0 amide bonds. The third kappa shape index (κ3) is 4.00. The minimum atomic E-state index is -1.25. The topological polar surface area (TPSA) is 87.0 Å². The Morgan fingerprint density at radius 2 is 2.03 bits per heavy atom. The minimum Gasteiger partial charge on any atom is -0.493 e. The van der Waals surface area contributed by atoms with E-state index in [2.05, 4.69) is 13.8 Å². The first kappa shape index (κ1) is 20.9. The number of nitrogens with zero attached hydrogens (tertiary/aromatic N) is 1. The van der Waals surface area contributed by atoms with Crippen molar-refractivity contribution in [3.63, 3.8) is 0 Å². The van der Waals surface area contributed by atoms with Crippen LogP contribution in [0.3, 0.4) is 0 Å². The Balaban J connectivity index is 2.12. The summed E-state index contributed by atoms with van der Waals surface area (Å²) in [4.78, 5) is 24.3. The molecular formula is C22H27NO6. The Labute approximate surface area is 169 Å². The lowest BCUT2D eigenvalue weighted by atomic mass is 9.87. The van der Waals surface area contributed by atoms with Crippen molar-refractivity contribution in [3.8, 4) is 22.8 Å². The van der Waals surface area contributed by atoms with Crippen LogP contribution in [-0.4, -0.2) is 43.1 Å². The molecule has 0 bridgehead atoms. The predicted molar refractivity (Wildman–Crippen MR) is 109 cm³/mol. The van der Waals surface area contributed by atoms with Gasteiger partial charge >= 0.3 is 5.97 Å². The summed E-state index contributed by atoms with van der Waals surface area (Å²) >= 11 is 0. The largest absolute Gasteiger partial charge is 0.493 e. The number of aromatic carboxylic acids is 1. The van der Waals surface area contributed by atoms with Crippen molar-refractivity contribution in [2.24, 2.45) is 5.92 Å². The molecule has 0 saturated carbocycles. The van der Waals surface area contributed by atoms with E-state index in [0.717, 1.165) is 23.3 Å². The molecule has 7 nitrogen and oxygen atoms in total. The van der Waals surface area contributed by atoms with Crippen LogP contribution < -0.4 is 14.9 Å². The van der Waals surface area contributed by atoms with Crippen LogP contribution >= 0.6 is 0 Å². The van der Waals surface area contributed by atoms with E-state index >= 15 is 0 Å². The maximum atomic E-state index is 12.7. The molecule has 1 N–H and O–H groups in total. The fraction of sp³-hybridized carbons (Fsp3) is 0.455. The third-order valence-corrected chi connectivity index (χ3v) is 5.28. The summed E-state index contributed by atoms with van der Waals surface area (Å²) in [5.41, 5.74) is 1.64. The maximum absolute atomic E-state index is 12.7. The SMILES string of the molecule is COCCCOc1ccc2c(c1)CC(C(C)C)n1cc(C(=O)O)c(=O)c(OC)c1-2. The Morgan fingerprint density at radius 3 is 2.66 bits per heavy atom. The summed E-state index contributed by atoms with van der Waals surface area (Å²) < 4.78 is 18.2. The monoisotopic (exact) mass is 401 g/mol. The van der Waals surface area contributed by atoms with E-state index in [4.69, 9.17) is 14.2 Å². The zero-order valence-electron chi connectivity index (χ0n) is 17.2. The number of carbonyl (C=O) groups is 1. The van der Waals surface area contributed by atoms with Gasteiger partial charge in [0.2, 0.25) is 5.43 Å². The Hall–Kier alpha value is -2.80. The summed E-state index contributed by atoms with van der Waals surface area (Å²) in [7, 11) is 3.06. The van der Waals surface area contributed by atoms with Gasteiger partial charge in [-0.1, -0.05) is 13.8 Å². The number of carboxylic acid groups (broad SMARTS) is 1. The van der Waals surface area contributed by atoms with Crippen molar-refractivity contribution in [2.75, 3.05) is 27.4 Å². The average Bonchev–Trinajstić information content (AvgIpc) is 2.69. The molecule has 3 rings (SSSR count). The van der Waals surface area contributed by atoms with Crippen molar-refractivity contribution in [1.82, 2.24) is 4.57 Å². The first-order valence-electron chi connectivity index (χ1n) is 9.70. The molecule has 2 heterocycles. The molecule has 156 valence electrons. The summed E-state index contributed by atoms with van der Waals surface area (Å²) in [6, 6.07) is 5.76. The van der Waals surface area contributed by atoms with Gasteiger partial charge in [-0.2, -0.15) is 0 Å². The van der Waals surface area contributed by atoms with E-state index in [1.165, 1.54) is 13.3 Å². The number of methoxy groups -OCH3 is 2. The fourth-order valence-corrected chi connectivity index (χ4v) is 3.81. The highest BCUT2D eigenvalue weighted by Gasteiger charge is 2.32. The highest BCUT2D eigenvalue weighted by Crippen LogP contribution is 2.42. The summed E-state index contributed by atoms with van der Waals surface area (Å²) in [6.07, 6.45) is 2.96. The zero-order valence-corrected chi connectivity index (χ0v) is 17.2.